The molecular formula is C12H20N2O4. The van der Waals surface area contributed by atoms with Gasteiger partial charge in [0.25, 0.3) is 0 Å². The average Bonchev–Trinajstić information content (AvgIpc) is 2.33. The Balaban J connectivity index is 1.77. The van der Waals surface area contributed by atoms with Crippen LogP contribution in [-0.2, 0) is 9.53 Å². The van der Waals surface area contributed by atoms with E-state index >= 15 is 0 Å². The number of carboxylic acids is 1. The van der Waals surface area contributed by atoms with E-state index in [1.807, 2.05) is 0 Å². The standard InChI is InChI=1S/C12H20N2O4/c1-18-10-5-9(6-10)13-12(17)14-4-2-3-8(7-14)11(15)16/h8-10H,2-7H2,1H3,(H,13,17)(H,15,16)/t8-,9?,10?/m1/s1. The summed E-state index contributed by atoms with van der Waals surface area (Å²) >= 11 is 0. The van der Waals surface area contributed by atoms with E-state index in [1.54, 1.807) is 12.0 Å². The van der Waals surface area contributed by atoms with Gasteiger partial charge in [0.2, 0.25) is 0 Å². The minimum Gasteiger partial charge on any atom is -0.481 e. The zero-order chi connectivity index (χ0) is 13.1. The van der Waals surface area contributed by atoms with Crippen LogP contribution in [0.25, 0.3) is 0 Å². The highest BCUT2D eigenvalue weighted by Crippen LogP contribution is 2.23. The van der Waals surface area contributed by atoms with Gasteiger partial charge in [0.05, 0.1) is 12.0 Å². The SMILES string of the molecule is COC1CC(NC(=O)N2CCC[C@@H](C(=O)O)C2)C1. The Labute approximate surface area is 106 Å². The van der Waals surface area contributed by atoms with Crippen molar-refractivity contribution >= 4 is 12.0 Å². The van der Waals surface area contributed by atoms with Crippen LogP contribution in [0.5, 0.6) is 0 Å². The summed E-state index contributed by atoms with van der Waals surface area (Å²) in [5.74, 6) is -1.23. The number of nitrogens with zero attached hydrogens (tertiary/aromatic N) is 1. The largest absolute Gasteiger partial charge is 0.481 e. The van der Waals surface area contributed by atoms with Crippen molar-refractivity contribution in [1.29, 1.82) is 0 Å². The molecule has 1 saturated heterocycles. The molecule has 0 spiro atoms. The van der Waals surface area contributed by atoms with Gasteiger partial charge in [0, 0.05) is 26.2 Å². The number of carbonyl (C=O) groups is 2. The number of hydrogen-bond acceptors (Lipinski definition) is 3. The third kappa shape index (κ3) is 2.93. The van der Waals surface area contributed by atoms with Gasteiger partial charge in [-0.3, -0.25) is 4.79 Å². The number of carboxylic acid groups (broad SMARTS) is 1. The fraction of sp³-hybridized carbons (Fsp3) is 0.833. The van der Waals surface area contributed by atoms with Crippen molar-refractivity contribution in [3.8, 4) is 0 Å². The van der Waals surface area contributed by atoms with Crippen LogP contribution in [0.4, 0.5) is 4.79 Å². The number of rotatable bonds is 3. The summed E-state index contributed by atoms with van der Waals surface area (Å²) in [5, 5.41) is 11.9. The van der Waals surface area contributed by atoms with Crippen LogP contribution < -0.4 is 5.32 Å². The van der Waals surface area contributed by atoms with Crippen LogP contribution in [0.15, 0.2) is 0 Å². The first-order valence-electron chi connectivity index (χ1n) is 6.41. The van der Waals surface area contributed by atoms with Crippen molar-refractivity contribution in [2.24, 2.45) is 5.92 Å². The summed E-state index contributed by atoms with van der Waals surface area (Å²) in [5.41, 5.74) is 0. The van der Waals surface area contributed by atoms with E-state index in [-0.39, 0.29) is 18.2 Å². The molecule has 6 nitrogen and oxygen atoms in total. The number of amides is 2. The maximum absolute atomic E-state index is 11.9. The predicted molar refractivity (Wildman–Crippen MR) is 64.3 cm³/mol. The van der Waals surface area contributed by atoms with Gasteiger partial charge in [-0.1, -0.05) is 0 Å². The zero-order valence-electron chi connectivity index (χ0n) is 10.6. The van der Waals surface area contributed by atoms with E-state index in [4.69, 9.17) is 9.84 Å². The monoisotopic (exact) mass is 256 g/mol. The second-order valence-corrected chi connectivity index (χ2v) is 5.10. The Morgan fingerprint density at radius 1 is 1.39 bits per heavy atom. The third-order valence-electron chi connectivity index (χ3n) is 3.81. The number of methoxy groups -OCH3 is 1. The highest BCUT2D eigenvalue weighted by atomic mass is 16.5. The molecule has 6 heteroatoms. The van der Waals surface area contributed by atoms with E-state index < -0.39 is 11.9 Å². The lowest BCUT2D eigenvalue weighted by Gasteiger charge is -2.37. The molecule has 0 radical (unpaired) electrons. The third-order valence-corrected chi connectivity index (χ3v) is 3.81. The lowest BCUT2D eigenvalue weighted by Crippen LogP contribution is -2.54. The lowest BCUT2D eigenvalue weighted by molar-refractivity contribution is -0.143. The molecule has 2 rings (SSSR count). The minimum atomic E-state index is -0.810. The molecular weight excluding hydrogens is 236 g/mol. The van der Waals surface area contributed by atoms with Gasteiger partial charge in [-0.05, 0) is 25.7 Å². The number of likely N-dealkylation sites (tertiary alicyclic amines) is 1. The fourth-order valence-electron chi connectivity index (χ4n) is 2.51. The summed E-state index contributed by atoms with van der Waals surface area (Å²) in [7, 11) is 1.67. The Morgan fingerprint density at radius 3 is 2.72 bits per heavy atom. The number of hydrogen-bond donors (Lipinski definition) is 2. The van der Waals surface area contributed by atoms with Gasteiger partial charge >= 0.3 is 12.0 Å². The first-order valence-corrected chi connectivity index (χ1v) is 6.41. The quantitative estimate of drug-likeness (QED) is 0.778. The summed E-state index contributed by atoms with van der Waals surface area (Å²) in [6.07, 6.45) is 3.37. The molecule has 1 saturated carbocycles. The van der Waals surface area contributed by atoms with Crippen LogP contribution >= 0.6 is 0 Å². The van der Waals surface area contributed by atoms with Crippen molar-refractivity contribution in [3.63, 3.8) is 0 Å². The Morgan fingerprint density at radius 2 is 2.11 bits per heavy atom. The molecule has 0 aromatic rings. The summed E-state index contributed by atoms with van der Waals surface area (Å²) in [6.45, 7) is 0.970. The van der Waals surface area contributed by atoms with Crippen LogP contribution in [0.2, 0.25) is 0 Å². The maximum Gasteiger partial charge on any atom is 0.317 e. The van der Waals surface area contributed by atoms with Crippen molar-refractivity contribution in [2.75, 3.05) is 20.2 Å². The van der Waals surface area contributed by atoms with Crippen molar-refractivity contribution < 1.29 is 19.4 Å². The molecule has 2 N–H and O–H groups in total. The van der Waals surface area contributed by atoms with Crippen LogP contribution in [-0.4, -0.2) is 54.4 Å². The van der Waals surface area contributed by atoms with E-state index in [0.29, 0.717) is 19.5 Å². The first-order chi connectivity index (χ1) is 8.60. The Kier molecular flexibility index (Phi) is 4.06. The van der Waals surface area contributed by atoms with Gasteiger partial charge in [-0.25, -0.2) is 4.79 Å². The van der Waals surface area contributed by atoms with E-state index in [9.17, 15) is 9.59 Å². The van der Waals surface area contributed by atoms with Crippen molar-refractivity contribution in [2.45, 2.75) is 37.8 Å². The first kappa shape index (κ1) is 13.1. The van der Waals surface area contributed by atoms with Gasteiger partial charge in [-0.2, -0.15) is 0 Å². The molecule has 1 heterocycles. The molecule has 1 atom stereocenters. The number of nitrogens with one attached hydrogen (secondary N) is 1. The summed E-state index contributed by atoms with van der Waals surface area (Å²) < 4.78 is 5.15. The Hall–Kier alpha value is -1.30. The molecule has 0 aromatic heterocycles. The van der Waals surface area contributed by atoms with Crippen LogP contribution in [0.1, 0.15) is 25.7 Å². The maximum atomic E-state index is 11.9. The fourth-order valence-corrected chi connectivity index (χ4v) is 2.51. The molecule has 102 valence electrons. The average molecular weight is 256 g/mol. The second kappa shape index (κ2) is 5.56. The van der Waals surface area contributed by atoms with Gasteiger partial charge in [0.15, 0.2) is 0 Å². The molecule has 2 fully saturated rings. The normalized spacial score (nSPS) is 31.6. The number of ether oxygens (including phenoxy) is 1. The Bertz CT molecular complexity index is 328. The molecule has 0 bridgehead atoms. The molecule has 1 aliphatic carbocycles. The molecule has 0 aromatic carbocycles. The number of carbonyl (C=O) groups excluding carboxylic acids is 1. The highest BCUT2D eigenvalue weighted by molar-refractivity contribution is 5.76. The van der Waals surface area contributed by atoms with E-state index in [0.717, 1.165) is 19.3 Å². The second-order valence-electron chi connectivity index (χ2n) is 5.10. The molecule has 1 aliphatic heterocycles. The van der Waals surface area contributed by atoms with E-state index in [2.05, 4.69) is 5.32 Å². The lowest BCUT2D eigenvalue weighted by atomic mass is 9.89. The highest BCUT2D eigenvalue weighted by Gasteiger charge is 2.33. The summed E-state index contributed by atoms with van der Waals surface area (Å²) in [6, 6.07) is 0.0353. The number of aliphatic carboxylic acids is 1. The molecule has 2 amide bonds. The molecule has 18 heavy (non-hydrogen) atoms. The summed E-state index contributed by atoms with van der Waals surface area (Å²) in [4.78, 5) is 24.5. The predicted octanol–water partition coefficient (Wildman–Crippen LogP) is 0.670. The molecule has 2 aliphatic rings. The van der Waals surface area contributed by atoms with Gasteiger partial charge in [0.1, 0.15) is 0 Å². The van der Waals surface area contributed by atoms with Crippen molar-refractivity contribution in [1.82, 2.24) is 10.2 Å². The van der Waals surface area contributed by atoms with Crippen molar-refractivity contribution in [3.05, 3.63) is 0 Å². The topological polar surface area (TPSA) is 78.9 Å². The van der Waals surface area contributed by atoms with Gasteiger partial charge < -0.3 is 20.1 Å². The number of piperidine rings is 1. The van der Waals surface area contributed by atoms with E-state index in [1.165, 1.54) is 0 Å². The van der Waals surface area contributed by atoms with Crippen LogP contribution in [0.3, 0.4) is 0 Å². The molecule has 0 unspecified atom stereocenters. The van der Waals surface area contributed by atoms with Crippen LogP contribution in [0, 0.1) is 5.92 Å². The smallest absolute Gasteiger partial charge is 0.317 e. The van der Waals surface area contributed by atoms with Gasteiger partial charge in [-0.15, -0.1) is 0 Å². The number of urea groups is 1. The minimum absolute atomic E-state index is 0.138. The zero-order valence-corrected chi connectivity index (χ0v) is 10.6.